The number of rotatable bonds is 2. The largest absolute Gasteiger partial charge is 0.321 e. The van der Waals surface area contributed by atoms with Crippen molar-refractivity contribution >= 4 is 44.9 Å². The van der Waals surface area contributed by atoms with Crippen LogP contribution in [-0.2, 0) is 18.4 Å². The molecular weight excluding hydrogens is 346 g/mol. The molecule has 0 fully saturated rings. The Bertz CT molecular complexity index is 741. The number of hydrogen-bond acceptors (Lipinski definition) is 3. The molecule has 0 unspecified atom stereocenters. The van der Waals surface area contributed by atoms with Gasteiger partial charge in [0.05, 0.1) is 24.0 Å². The first-order chi connectivity index (χ1) is 9.50. The number of halogens is 2. The van der Waals surface area contributed by atoms with Crippen molar-refractivity contribution < 1.29 is 9.59 Å². The van der Waals surface area contributed by atoms with E-state index in [0.29, 0.717) is 26.7 Å². The summed E-state index contributed by atoms with van der Waals surface area (Å²) in [6, 6.07) is 5.27. The SMILES string of the molecule is Cn1c(Cl)cnc1CN1C(=O)C(=O)c2c(Br)cccc21. The number of benzene rings is 1. The summed E-state index contributed by atoms with van der Waals surface area (Å²) in [5.74, 6) is -0.442. The average molecular weight is 355 g/mol. The van der Waals surface area contributed by atoms with Gasteiger partial charge in [0.1, 0.15) is 11.0 Å². The standard InChI is InChI=1S/C13H9BrClN3O2/c1-17-9(15)5-16-10(17)6-18-8-4-2-3-7(14)11(8)12(19)13(18)20/h2-5H,6H2,1H3. The van der Waals surface area contributed by atoms with Gasteiger partial charge in [0, 0.05) is 11.5 Å². The Labute approximate surface area is 128 Å². The van der Waals surface area contributed by atoms with Crippen molar-refractivity contribution in [3.8, 4) is 0 Å². The number of amides is 1. The van der Waals surface area contributed by atoms with Gasteiger partial charge in [-0.15, -0.1) is 0 Å². The first-order valence-corrected chi connectivity index (χ1v) is 6.98. The summed E-state index contributed by atoms with van der Waals surface area (Å²) in [5, 5.41) is 0.479. The molecule has 1 amide bonds. The van der Waals surface area contributed by atoms with Crippen LogP contribution in [0.15, 0.2) is 28.9 Å². The van der Waals surface area contributed by atoms with E-state index in [9.17, 15) is 9.59 Å². The molecule has 2 heterocycles. The van der Waals surface area contributed by atoms with Crippen molar-refractivity contribution in [1.82, 2.24) is 9.55 Å². The number of carbonyl (C=O) groups excluding carboxylic acids is 2. The number of hydrogen-bond donors (Lipinski definition) is 0. The van der Waals surface area contributed by atoms with E-state index >= 15 is 0 Å². The zero-order valence-corrected chi connectivity index (χ0v) is 12.8. The third-order valence-electron chi connectivity index (χ3n) is 3.28. The van der Waals surface area contributed by atoms with Crippen LogP contribution in [0.4, 0.5) is 5.69 Å². The number of carbonyl (C=O) groups is 2. The maximum Gasteiger partial charge on any atom is 0.299 e. The second-order valence-corrected chi connectivity index (χ2v) is 5.65. The lowest BCUT2D eigenvalue weighted by Crippen LogP contribution is -2.30. The van der Waals surface area contributed by atoms with E-state index in [1.165, 1.54) is 11.1 Å². The van der Waals surface area contributed by atoms with Gasteiger partial charge in [-0.25, -0.2) is 4.98 Å². The van der Waals surface area contributed by atoms with Gasteiger partial charge in [-0.2, -0.15) is 0 Å². The highest BCUT2D eigenvalue weighted by Crippen LogP contribution is 2.35. The molecule has 1 aliphatic heterocycles. The zero-order chi connectivity index (χ0) is 14.4. The van der Waals surface area contributed by atoms with Crippen LogP contribution in [0.5, 0.6) is 0 Å². The van der Waals surface area contributed by atoms with Gasteiger partial charge in [0.15, 0.2) is 0 Å². The molecule has 0 spiro atoms. The maximum absolute atomic E-state index is 12.1. The Kier molecular flexibility index (Phi) is 3.14. The fourth-order valence-electron chi connectivity index (χ4n) is 2.17. The van der Waals surface area contributed by atoms with Crippen molar-refractivity contribution in [2.45, 2.75) is 6.54 Å². The maximum atomic E-state index is 12.1. The van der Waals surface area contributed by atoms with Crippen LogP contribution in [0.3, 0.4) is 0 Å². The highest BCUT2D eigenvalue weighted by molar-refractivity contribution is 9.10. The van der Waals surface area contributed by atoms with Crippen LogP contribution in [0.2, 0.25) is 5.15 Å². The lowest BCUT2D eigenvalue weighted by atomic mass is 10.1. The van der Waals surface area contributed by atoms with Crippen molar-refractivity contribution in [1.29, 1.82) is 0 Å². The molecule has 0 atom stereocenters. The van der Waals surface area contributed by atoms with Crippen molar-refractivity contribution in [3.05, 3.63) is 45.4 Å². The summed E-state index contributed by atoms with van der Waals surface area (Å²) in [6.45, 7) is 0.206. The van der Waals surface area contributed by atoms with Gasteiger partial charge in [0.25, 0.3) is 11.7 Å². The molecule has 0 N–H and O–H groups in total. The highest BCUT2D eigenvalue weighted by atomic mass is 79.9. The Hall–Kier alpha value is -1.66. The first-order valence-electron chi connectivity index (χ1n) is 5.81. The molecule has 20 heavy (non-hydrogen) atoms. The molecule has 1 aromatic heterocycles. The van der Waals surface area contributed by atoms with E-state index in [2.05, 4.69) is 20.9 Å². The Morgan fingerprint density at radius 1 is 1.35 bits per heavy atom. The highest BCUT2D eigenvalue weighted by Gasteiger charge is 2.37. The molecule has 2 aromatic rings. The van der Waals surface area contributed by atoms with E-state index in [1.54, 1.807) is 29.8 Å². The summed E-state index contributed by atoms with van der Waals surface area (Å²) in [6.07, 6.45) is 1.51. The number of imidazole rings is 1. The fraction of sp³-hybridized carbons (Fsp3) is 0.154. The van der Waals surface area contributed by atoms with E-state index < -0.39 is 11.7 Å². The van der Waals surface area contributed by atoms with Crippen LogP contribution >= 0.6 is 27.5 Å². The number of aromatic nitrogens is 2. The van der Waals surface area contributed by atoms with Crippen LogP contribution in [0.25, 0.3) is 0 Å². The summed E-state index contributed by atoms with van der Waals surface area (Å²) in [4.78, 5) is 29.7. The van der Waals surface area contributed by atoms with Crippen molar-refractivity contribution in [3.63, 3.8) is 0 Å². The molecule has 0 bridgehead atoms. The van der Waals surface area contributed by atoms with Gasteiger partial charge in [-0.05, 0) is 28.1 Å². The third-order valence-corrected chi connectivity index (χ3v) is 4.29. The molecule has 3 rings (SSSR count). The molecule has 7 heteroatoms. The predicted octanol–water partition coefficient (Wildman–Crippen LogP) is 2.57. The summed E-state index contributed by atoms with van der Waals surface area (Å²) < 4.78 is 2.30. The van der Waals surface area contributed by atoms with Gasteiger partial charge < -0.3 is 4.57 Å². The van der Waals surface area contributed by atoms with Crippen molar-refractivity contribution in [2.75, 3.05) is 4.90 Å². The zero-order valence-electron chi connectivity index (χ0n) is 10.4. The molecule has 1 aliphatic rings. The van der Waals surface area contributed by atoms with E-state index in [1.807, 2.05) is 0 Å². The van der Waals surface area contributed by atoms with E-state index in [4.69, 9.17) is 11.6 Å². The quantitative estimate of drug-likeness (QED) is 0.779. The Morgan fingerprint density at radius 2 is 2.10 bits per heavy atom. The monoisotopic (exact) mass is 353 g/mol. The normalized spacial score (nSPS) is 14.1. The van der Waals surface area contributed by atoms with Crippen molar-refractivity contribution in [2.24, 2.45) is 7.05 Å². The second kappa shape index (κ2) is 4.71. The number of anilines is 1. The lowest BCUT2D eigenvalue weighted by molar-refractivity contribution is -0.114. The van der Waals surface area contributed by atoms with E-state index in [-0.39, 0.29) is 6.54 Å². The number of fused-ring (bicyclic) bond motifs is 1. The lowest BCUT2D eigenvalue weighted by Gasteiger charge is -2.16. The molecule has 1 aromatic carbocycles. The van der Waals surface area contributed by atoms with Crippen LogP contribution in [0, 0.1) is 0 Å². The minimum Gasteiger partial charge on any atom is -0.321 e. The number of Topliss-reactive ketones (excluding diaryl/α,β-unsaturated/α-hetero) is 1. The van der Waals surface area contributed by atoms with Gasteiger partial charge in [0.2, 0.25) is 0 Å². The van der Waals surface area contributed by atoms with Crippen LogP contribution in [0.1, 0.15) is 16.2 Å². The topological polar surface area (TPSA) is 55.2 Å². The number of ketones is 1. The third kappa shape index (κ3) is 1.87. The minimum absolute atomic E-state index is 0.206. The summed E-state index contributed by atoms with van der Waals surface area (Å²) >= 11 is 9.23. The smallest absolute Gasteiger partial charge is 0.299 e. The van der Waals surface area contributed by atoms with Gasteiger partial charge in [-0.1, -0.05) is 17.7 Å². The van der Waals surface area contributed by atoms with Crippen LogP contribution in [-0.4, -0.2) is 21.2 Å². The second-order valence-electron chi connectivity index (χ2n) is 4.41. The molecule has 102 valence electrons. The fourth-order valence-corrected chi connectivity index (χ4v) is 2.85. The average Bonchev–Trinajstić information content (AvgIpc) is 2.86. The van der Waals surface area contributed by atoms with Gasteiger partial charge in [-0.3, -0.25) is 14.5 Å². The Morgan fingerprint density at radius 3 is 2.75 bits per heavy atom. The summed E-state index contributed by atoms with van der Waals surface area (Å²) in [7, 11) is 1.76. The first kappa shape index (κ1) is 13.3. The van der Waals surface area contributed by atoms with E-state index in [0.717, 1.165) is 0 Å². The molecule has 0 saturated carbocycles. The van der Waals surface area contributed by atoms with Gasteiger partial charge >= 0.3 is 0 Å². The summed E-state index contributed by atoms with van der Waals surface area (Å²) in [5.41, 5.74) is 0.992. The molecular formula is C13H9BrClN3O2. The Balaban J connectivity index is 2.04. The molecule has 0 saturated heterocycles. The number of nitrogens with zero attached hydrogens (tertiary/aromatic N) is 3. The predicted molar refractivity (Wildman–Crippen MR) is 77.9 cm³/mol. The minimum atomic E-state index is -0.550. The molecule has 0 radical (unpaired) electrons. The molecule has 0 aliphatic carbocycles. The molecule has 5 nitrogen and oxygen atoms in total. The van der Waals surface area contributed by atoms with Crippen LogP contribution < -0.4 is 4.90 Å².